The van der Waals surface area contributed by atoms with Gasteiger partial charge in [0, 0.05) is 6.92 Å². The molecule has 0 radical (unpaired) electrons. The summed E-state index contributed by atoms with van der Waals surface area (Å²) < 4.78 is 36.7. The van der Waals surface area contributed by atoms with Gasteiger partial charge in [-0.05, 0) is 11.1 Å². The molecule has 0 bridgehead atoms. The highest BCUT2D eigenvalue weighted by molar-refractivity contribution is 5.66. The molecule has 6 heteroatoms. The van der Waals surface area contributed by atoms with Crippen molar-refractivity contribution in [3.63, 3.8) is 0 Å². The van der Waals surface area contributed by atoms with Gasteiger partial charge in [0.15, 0.2) is 6.17 Å². The lowest BCUT2D eigenvalue weighted by atomic mass is 10.1. The Hall–Kier alpha value is -2.28. The Labute approximate surface area is 158 Å². The maximum Gasteiger partial charge on any atom is 0.305 e. The highest BCUT2D eigenvalue weighted by atomic mass is 19.1. The van der Waals surface area contributed by atoms with Crippen LogP contribution in [0.1, 0.15) is 18.1 Å². The molecule has 144 valence electrons. The third-order valence-corrected chi connectivity index (χ3v) is 4.21. The van der Waals surface area contributed by atoms with Crippen LogP contribution < -0.4 is 0 Å². The molecule has 0 amide bonds. The molecule has 0 saturated carbocycles. The van der Waals surface area contributed by atoms with Crippen LogP contribution in [0.5, 0.6) is 0 Å². The van der Waals surface area contributed by atoms with Crippen LogP contribution in [0, 0.1) is 0 Å². The number of hydrogen-bond donors (Lipinski definition) is 0. The number of carbonyl (C=O) groups excluding carboxylic acids is 1. The summed E-state index contributed by atoms with van der Waals surface area (Å²) in [5.74, 6) is -0.602. The molecule has 0 spiro atoms. The molecule has 3 rings (SSSR count). The zero-order valence-corrected chi connectivity index (χ0v) is 15.1. The second-order valence-corrected chi connectivity index (χ2v) is 6.36. The Morgan fingerprint density at radius 1 is 1.00 bits per heavy atom. The van der Waals surface area contributed by atoms with E-state index in [9.17, 15) is 9.18 Å². The van der Waals surface area contributed by atoms with Gasteiger partial charge in [-0.2, -0.15) is 0 Å². The molecule has 1 saturated heterocycles. The number of halogens is 1. The predicted octanol–water partition coefficient (Wildman–Crippen LogP) is 3.41. The smallest absolute Gasteiger partial charge is 0.305 e. The molecule has 0 aromatic heterocycles. The van der Waals surface area contributed by atoms with E-state index in [0.717, 1.165) is 11.1 Å². The van der Waals surface area contributed by atoms with Crippen molar-refractivity contribution in [1.29, 1.82) is 0 Å². The molecule has 5 nitrogen and oxygen atoms in total. The lowest BCUT2D eigenvalue weighted by Crippen LogP contribution is -2.35. The van der Waals surface area contributed by atoms with Crippen molar-refractivity contribution in [1.82, 2.24) is 0 Å². The van der Waals surface area contributed by atoms with E-state index in [4.69, 9.17) is 18.9 Å². The maximum absolute atomic E-state index is 14.7. The van der Waals surface area contributed by atoms with Crippen LogP contribution in [0.3, 0.4) is 0 Å². The van der Waals surface area contributed by atoms with Crippen molar-refractivity contribution >= 4 is 5.97 Å². The fourth-order valence-electron chi connectivity index (χ4n) is 2.91. The van der Waals surface area contributed by atoms with Gasteiger partial charge in [-0.1, -0.05) is 60.7 Å². The normalized spacial score (nSPS) is 24.7. The van der Waals surface area contributed by atoms with Crippen LogP contribution >= 0.6 is 0 Å². The highest BCUT2D eigenvalue weighted by Gasteiger charge is 2.48. The van der Waals surface area contributed by atoms with Gasteiger partial charge in [0.2, 0.25) is 6.29 Å². The van der Waals surface area contributed by atoms with Crippen LogP contribution in [-0.4, -0.2) is 37.2 Å². The summed E-state index contributed by atoms with van der Waals surface area (Å²) in [7, 11) is 0. The van der Waals surface area contributed by atoms with E-state index in [1.54, 1.807) is 0 Å². The molecule has 2 aromatic carbocycles. The van der Waals surface area contributed by atoms with Crippen molar-refractivity contribution < 1.29 is 28.1 Å². The summed E-state index contributed by atoms with van der Waals surface area (Å²) in [6, 6.07) is 19.1. The fourth-order valence-corrected chi connectivity index (χ4v) is 2.91. The lowest BCUT2D eigenvalue weighted by molar-refractivity contribution is -0.183. The van der Waals surface area contributed by atoms with Crippen LogP contribution in [-0.2, 0) is 37.0 Å². The monoisotopic (exact) mass is 374 g/mol. The number of rotatable bonds is 8. The van der Waals surface area contributed by atoms with Gasteiger partial charge in [0.1, 0.15) is 12.2 Å². The maximum atomic E-state index is 14.7. The molecule has 1 unspecified atom stereocenters. The average Bonchev–Trinajstić information content (AvgIpc) is 2.96. The van der Waals surface area contributed by atoms with Gasteiger partial charge in [-0.3, -0.25) is 4.79 Å². The van der Waals surface area contributed by atoms with Gasteiger partial charge >= 0.3 is 5.97 Å². The van der Waals surface area contributed by atoms with Crippen LogP contribution in [0.4, 0.5) is 4.39 Å². The van der Waals surface area contributed by atoms with Crippen molar-refractivity contribution in [2.75, 3.05) is 6.61 Å². The van der Waals surface area contributed by atoms with E-state index in [-0.39, 0.29) is 13.2 Å². The third-order valence-electron chi connectivity index (χ3n) is 4.21. The topological polar surface area (TPSA) is 54.0 Å². The number of hydrogen-bond acceptors (Lipinski definition) is 5. The predicted molar refractivity (Wildman–Crippen MR) is 96.4 cm³/mol. The van der Waals surface area contributed by atoms with Crippen molar-refractivity contribution in [3.05, 3.63) is 71.8 Å². The van der Waals surface area contributed by atoms with Crippen LogP contribution in [0.15, 0.2) is 60.7 Å². The Balaban J connectivity index is 1.59. The minimum absolute atomic E-state index is 0.131. The Bertz CT molecular complexity index is 709. The van der Waals surface area contributed by atoms with Crippen molar-refractivity contribution in [2.24, 2.45) is 0 Å². The Kier molecular flexibility index (Phi) is 6.92. The van der Waals surface area contributed by atoms with E-state index < -0.39 is 30.6 Å². The lowest BCUT2D eigenvalue weighted by Gasteiger charge is -2.19. The van der Waals surface area contributed by atoms with E-state index in [1.165, 1.54) is 6.92 Å². The molecule has 1 aliphatic heterocycles. The minimum atomic E-state index is -1.58. The van der Waals surface area contributed by atoms with Gasteiger partial charge in [-0.25, -0.2) is 4.39 Å². The number of ether oxygens (including phenoxy) is 4. The first-order valence-electron chi connectivity index (χ1n) is 8.87. The molecule has 0 aliphatic carbocycles. The summed E-state index contributed by atoms with van der Waals surface area (Å²) in [6.45, 7) is 1.96. The van der Waals surface area contributed by atoms with Crippen LogP contribution in [0.2, 0.25) is 0 Å². The van der Waals surface area contributed by atoms with Gasteiger partial charge in [0.25, 0.3) is 0 Å². The molecule has 4 atom stereocenters. The molecule has 1 heterocycles. The Morgan fingerprint density at radius 3 is 2.19 bits per heavy atom. The van der Waals surface area contributed by atoms with Gasteiger partial charge in [-0.15, -0.1) is 0 Å². The standard InChI is InChI=1S/C21H23FO5/c1-15(23)26-21-19(22)20(25-13-17-10-6-3-7-11-17)18(27-21)14-24-12-16-8-4-2-5-9-16/h2-11,18-21H,12-14H2,1H3/t18-,19-,20-,21?/m1/s1. The molecule has 1 fully saturated rings. The molecular formula is C21H23FO5. The fraction of sp³-hybridized carbons (Fsp3) is 0.381. The second kappa shape index (κ2) is 9.60. The molecule has 27 heavy (non-hydrogen) atoms. The first-order chi connectivity index (χ1) is 13.1. The van der Waals surface area contributed by atoms with Gasteiger partial charge < -0.3 is 18.9 Å². The molecule has 2 aromatic rings. The summed E-state index contributed by atoms with van der Waals surface area (Å²) in [4.78, 5) is 11.2. The molecule has 0 N–H and O–H groups in total. The van der Waals surface area contributed by atoms with Crippen molar-refractivity contribution in [2.45, 2.75) is 44.8 Å². The first-order valence-corrected chi connectivity index (χ1v) is 8.87. The molecule has 1 aliphatic rings. The SMILES string of the molecule is CC(=O)OC1O[C@H](COCc2ccccc2)[C@@H](OCc2ccccc2)[C@H]1F. The number of benzene rings is 2. The van der Waals surface area contributed by atoms with E-state index >= 15 is 0 Å². The molecular weight excluding hydrogens is 351 g/mol. The summed E-state index contributed by atoms with van der Waals surface area (Å²) in [5.41, 5.74) is 1.93. The quantitative estimate of drug-likeness (QED) is 0.663. The van der Waals surface area contributed by atoms with E-state index in [2.05, 4.69) is 0 Å². The summed E-state index contributed by atoms with van der Waals surface area (Å²) in [5, 5.41) is 0. The minimum Gasteiger partial charge on any atom is -0.433 e. The average molecular weight is 374 g/mol. The number of carbonyl (C=O) groups is 1. The van der Waals surface area contributed by atoms with E-state index in [0.29, 0.717) is 6.61 Å². The zero-order valence-electron chi connectivity index (χ0n) is 15.1. The number of alkyl halides is 1. The largest absolute Gasteiger partial charge is 0.433 e. The summed E-state index contributed by atoms with van der Waals surface area (Å²) >= 11 is 0. The highest BCUT2D eigenvalue weighted by Crippen LogP contribution is 2.29. The zero-order chi connectivity index (χ0) is 19.1. The Morgan fingerprint density at radius 2 is 1.59 bits per heavy atom. The summed E-state index contributed by atoms with van der Waals surface area (Å²) in [6.07, 6.45) is -4.42. The number of esters is 1. The third kappa shape index (κ3) is 5.60. The first kappa shape index (κ1) is 19.5. The van der Waals surface area contributed by atoms with Crippen molar-refractivity contribution in [3.8, 4) is 0 Å². The van der Waals surface area contributed by atoms with Crippen LogP contribution in [0.25, 0.3) is 0 Å². The van der Waals surface area contributed by atoms with Gasteiger partial charge in [0.05, 0.1) is 19.8 Å². The second-order valence-electron chi connectivity index (χ2n) is 6.36. The van der Waals surface area contributed by atoms with E-state index in [1.807, 2.05) is 60.7 Å².